The highest BCUT2D eigenvalue weighted by Gasteiger charge is 2.20. The van der Waals surface area contributed by atoms with Crippen LogP contribution in [-0.4, -0.2) is 29.7 Å². The van der Waals surface area contributed by atoms with Gasteiger partial charge < -0.3 is 13.7 Å². The first-order valence-corrected chi connectivity index (χ1v) is 10.5. The maximum Gasteiger partial charge on any atom is 0.420 e. The monoisotopic (exact) mass is 430 g/mol. The first kappa shape index (κ1) is 19.7. The molecule has 2 aromatic heterocycles. The Bertz CT molecular complexity index is 1370. The molecule has 0 radical (unpaired) electrons. The third-order valence-electron chi connectivity index (χ3n) is 4.25. The molecule has 4 aromatic rings. The highest BCUT2D eigenvalue weighted by Crippen LogP contribution is 2.27. The third kappa shape index (κ3) is 3.79. The van der Waals surface area contributed by atoms with Crippen molar-refractivity contribution in [2.45, 2.75) is 25.3 Å². The largest absolute Gasteiger partial charge is 0.492 e. The SMILES string of the molecule is CCOc1ccccc1NS(=O)(=O)c1ccc2c(c1)oc(=O)n2Cc1noc(C)n1. The van der Waals surface area contributed by atoms with Gasteiger partial charge in [0.2, 0.25) is 5.89 Å². The Balaban J connectivity index is 1.67. The van der Waals surface area contributed by atoms with E-state index in [-0.39, 0.29) is 17.0 Å². The number of aromatic nitrogens is 3. The van der Waals surface area contributed by atoms with Crippen LogP contribution < -0.4 is 15.2 Å². The lowest BCUT2D eigenvalue weighted by Crippen LogP contribution is -2.16. The van der Waals surface area contributed by atoms with Gasteiger partial charge in [-0.25, -0.2) is 13.2 Å². The maximum atomic E-state index is 12.9. The van der Waals surface area contributed by atoms with Gasteiger partial charge in [-0.1, -0.05) is 17.3 Å². The molecule has 0 bridgehead atoms. The molecule has 1 N–H and O–H groups in total. The summed E-state index contributed by atoms with van der Waals surface area (Å²) in [4.78, 5) is 16.3. The van der Waals surface area contributed by atoms with Gasteiger partial charge in [-0.3, -0.25) is 9.29 Å². The molecule has 10 nitrogen and oxygen atoms in total. The summed E-state index contributed by atoms with van der Waals surface area (Å²) in [6, 6.07) is 10.9. The first-order valence-electron chi connectivity index (χ1n) is 9.04. The molecule has 0 unspecified atom stereocenters. The molecular weight excluding hydrogens is 412 g/mol. The number of benzene rings is 2. The highest BCUT2D eigenvalue weighted by atomic mass is 32.2. The molecule has 0 fully saturated rings. The van der Waals surface area contributed by atoms with Crippen molar-refractivity contribution in [3.05, 3.63) is 64.7 Å². The number of rotatable bonds is 7. The van der Waals surface area contributed by atoms with Crippen LogP contribution in [0.15, 0.2) is 61.1 Å². The van der Waals surface area contributed by atoms with Gasteiger partial charge in [0.05, 0.1) is 29.3 Å². The molecule has 30 heavy (non-hydrogen) atoms. The van der Waals surface area contributed by atoms with E-state index in [9.17, 15) is 13.2 Å². The number of sulfonamides is 1. The van der Waals surface area contributed by atoms with Gasteiger partial charge in [-0.15, -0.1) is 0 Å². The highest BCUT2D eigenvalue weighted by molar-refractivity contribution is 7.92. The summed E-state index contributed by atoms with van der Waals surface area (Å²) in [6.45, 7) is 3.88. The van der Waals surface area contributed by atoms with Gasteiger partial charge in [0.15, 0.2) is 11.4 Å². The predicted octanol–water partition coefficient (Wildman–Crippen LogP) is 2.53. The van der Waals surface area contributed by atoms with Crippen LogP contribution in [0.4, 0.5) is 5.69 Å². The number of hydrogen-bond acceptors (Lipinski definition) is 8. The number of nitrogens with zero attached hydrogens (tertiary/aromatic N) is 3. The van der Waals surface area contributed by atoms with Crippen molar-refractivity contribution in [2.75, 3.05) is 11.3 Å². The third-order valence-corrected chi connectivity index (χ3v) is 5.61. The molecule has 0 spiro atoms. The van der Waals surface area contributed by atoms with Crippen LogP contribution in [0.1, 0.15) is 18.6 Å². The molecule has 0 saturated heterocycles. The zero-order valence-corrected chi connectivity index (χ0v) is 17.0. The van der Waals surface area contributed by atoms with E-state index >= 15 is 0 Å². The fraction of sp³-hybridized carbons (Fsp3) is 0.211. The molecule has 0 aliphatic heterocycles. The number of para-hydroxylation sites is 2. The summed E-state index contributed by atoms with van der Waals surface area (Å²) in [5.41, 5.74) is 0.850. The Hall–Kier alpha value is -3.60. The Morgan fingerprint density at radius 1 is 1.20 bits per heavy atom. The van der Waals surface area contributed by atoms with Crippen molar-refractivity contribution in [2.24, 2.45) is 0 Å². The molecule has 2 heterocycles. The normalized spacial score (nSPS) is 11.7. The summed E-state index contributed by atoms with van der Waals surface area (Å²) >= 11 is 0. The number of hydrogen-bond donors (Lipinski definition) is 1. The molecule has 156 valence electrons. The average Bonchev–Trinajstić information content (AvgIpc) is 3.26. The summed E-state index contributed by atoms with van der Waals surface area (Å²) in [5.74, 6) is 0.440. The Kier molecular flexibility index (Phi) is 5.04. The smallest absolute Gasteiger partial charge is 0.420 e. The summed E-state index contributed by atoms with van der Waals surface area (Å²) in [5, 5.41) is 3.76. The van der Waals surface area contributed by atoms with E-state index in [0.29, 0.717) is 35.3 Å². The lowest BCUT2D eigenvalue weighted by atomic mass is 10.3. The second-order valence-corrected chi connectivity index (χ2v) is 8.03. The van der Waals surface area contributed by atoms with Crippen LogP contribution in [0.25, 0.3) is 11.1 Å². The van der Waals surface area contributed by atoms with Crippen molar-refractivity contribution in [3.8, 4) is 5.75 Å². The average molecular weight is 430 g/mol. The molecule has 0 amide bonds. The topological polar surface area (TPSA) is 129 Å². The van der Waals surface area contributed by atoms with Gasteiger partial charge in [-0.2, -0.15) is 4.98 Å². The fourth-order valence-electron chi connectivity index (χ4n) is 2.95. The molecule has 0 aliphatic rings. The van der Waals surface area contributed by atoms with Crippen LogP contribution in [0, 0.1) is 6.92 Å². The van der Waals surface area contributed by atoms with Gasteiger partial charge in [0, 0.05) is 13.0 Å². The lowest BCUT2D eigenvalue weighted by molar-refractivity contribution is 0.342. The second-order valence-electron chi connectivity index (χ2n) is 6.35. The zero-order chi connectivity index (χ0) is 21.3. The van der Waals surface area contributed by atoms with Crippen molar-refractivity contribution < 1.29 is 22.1 Å². The molecule has 0 atom stereocenters. The number of oxazole rings is 1. The predicted molar refractivity (Wildman–Crippen MR) is 107 cm³/mol. The minimum atomic E-state index is -3.95. The minimum absolute atomic E-state index is 0.0370. The summed E-state index contributed by atoms with van der Waals surface area (Å²) in [6.07, 6.45) is 0. The van der Waals surface area contributed by atoms with Crippen molar-refractivity contribution in [1.82, 2.24) is 14.7 Å². The quantitative estimate of drug-likeness (QED) is 0.473. The lowest BCUT2D eigenvalue weighted by Gasteiger charge is -2.12. The van der Waals surface area contributed by atoms with E-state index in [0.717, 1.165) is 0 Å². The van der Waals surface area contributed by atoms with E-state index in [2.05, 4.69) is 14.9 Å². The van der Waals surface area contributed by atoms with Crippen LogP contribution >= 0.6 is 0 Å². The van der Waals surface area contributed by atoms with E-state index in [1.165, 1.54) is 22.8 Å². The number of anilines is 1. The standard InChI is InChI=1S/C19H18N4O6S/c1-3-27-16-7-5-4-6-14(16)22-30(25,26)13-8-9-15-17(10-13)28-19(24)23(15)11-18-20-12(2)29-21-18/h4-10,22H,3,11H2,1-2H3. The molecular formula is C19H18N4O6S. The second kappa shape index (κ2) is 7.67. The Morgan fingerprint density at radius 3 is 2.73 bits per heavy atom. The van der Waals surface area contributed by atoms with E-state index in [1.807, 2.05) is 6.92 Å². The van der Waals surface area contributed by atoms with Crippen molar-refractivity contribution >= 4 is 26.8 Å². The van der Waals surface area contributed by atoms with Gasteiger partial charge in [0.25, 0.3) is 10.0 Å². The van der Waals surface area contributed by atoms with Crippen LogP contribution in [0.2, 0.25) is 0 Å². The number of aryl methyl sites for hydroxylation is 1. The maximum absolute atomic E-state index is 12.9. The molecule has 0 aliphatic carbocycles. The van der Waals surface area contributed by atoms with Gasteiger partial charge in [0.1, 0.15) is 5.75 Å². The molecule has 4 rings (SSSR count). The van der Waals surface area contributed by atoms with Crippen LogP contribution in [-0.2, 0) is 16.6 Å². The zero-order valence-electron chi connectivity index (χ0n) is 16.2. The first-order chi connectivity index (χ1) is 14.4. The summed E-state index contributed by atoms with van der Waals surface area (Å²) in [7, 11) is -3.95. The minimum Gasteiger partial charge on any atom is -0.492 e. The van der Waals surface area contributed by atoms with Crippen molar-refractivity contribution in [3.63, 3.8) is 0 Å². The molecule has 11 heteroatoms. The Morgan fingerprint density at radius 2 is 2.00 bits per heavy atom. The van der Waals surface area contributed by atoms with E-state index in [1.54, 1.807) is 31.2 Å². The van der Waals surface area contributed by atoms with Crippen molar-refractivity contribution in [1.29, 1.82) is 0 Å². The number of fused-ring (bicyclic) bond motifs is 1. The number of ether oxygens (including phenoxy) is 1. The van der Waals surface area contributed by atoms with Crippen LogP contribution in [0.5, 0.6) is 5.75 Å². The number of nitrogens with one attached hydrogen (secondary N) is 1. The van der Waals surface area contributed by atoms with Crippen LogP contribution in [0.3, 0.4) is 0 Å². The fourth-order valence-corrected chi connectivity index (χ4v) is 4.03. The van der Waals surface area contributed by atoms with E-state index in [4.69, 9.17) is 13.7 Å². The van der Waals surface area contributed by atoms with Gasteiger partial charge in [-0.05, 0) is 31.2 Å². The molecule has 2 aromatic carbocycles. The Labute approximate surface area is 171 Å². The van der Waals surface area contributed by atoms with Gasteiger partial charge >= 0.3 is 5.76 Å². The van der Waals surface area contributed by atoms with E-state index < -0.39 is 15.8 Å². The molecule has 0 saturated carbocycles. The summed E-state index contributed by atoms with van der Waals surface area (Å²) < 4.78 is 45.1.